The van der Waals surface area contributed by atoms with Gasteiger partial charge >= 0.3 is 37.7 Å². The molecule has 2 heteroatoms. The van der Waals surface area contributed by atoms with Crippen LogP contribution in [0.1, 0.15) is 27.8 Å². The second-order valence-electron chi connectivity index (χ2n) is 3.14. The van der Waals surface area contributed by atoms with Crippen LogP contribution in [0.3, 0.4) is 0 Å². The van der Waals surface area contributed by atoms with E-state index in [0.29, 0.717) is 0 Å². The zero-order valence-corrected chi connectivity index (χ0v) is 9.72. The summed E-state index contributed by atoms with van der Waals surface area (Å²) in [5.41, 5.74) is 4.59. The van der Waals surface area contributed by atoms with Crippen LogP contribution in [0.25, 0.3) is 11.1 Å². The van der Waals surface area contributed by atoms with Gasteiger partial charge in [-0.05, 0) is 25.0 Å². The molecule has 0 saturated heterocycles. The van der Waals surface area contributed by atoms with Crippen LogP contribution in [0.5, 0.6) is 0 Å². The second-order valence-corrected chi connectivity index (χ2v) is 3.14. The summed E-state index contributed by atoms with van der Waals surface area (Å²) in [7, 11) is 0. The van der Waals surface area contributed by atoms with Crippen LogP contribution in [-0.2, 0) is 0 Å². The Labute approximate surface area is 114 Å². The largest absolute Gasteiger partial charge is 1.00 e. The van der Waals surface area contributed by atoms with Crippen molar-refractivity contribution in [2.24, 2.45) is 0 Å². The van der Waals surface area contributed by atoms with Crippen LogP contribution < -0.4 is 37.7 Å². The van der Waals surface area contributed by atoms with Crippen LogP contribution >= 0.6 is 0 Å². The molecule has 1 aromatic carbocycles. The van der Waals surface area contributed by atoms with E-state index in [1.807, 2.05) is 13.8 Å². The quantitative estimate of drug-likeness (QED) is 0.454. The van der Waals surface area contributed by atoms with E-state index in [0.717, 1.165) is 11.1 Å². The van der Waals surface area contributed by atoms with Gasteiger partial charge in [-0.1, -0.05) is 48.6 Å². The zero-order valence-electron chi connectivity index (χ0n) is 11.7. The van der Waals surface area contributed by atoms with Gasteiger partial charge < -0.3 is 2.85 Å². The number of hydrogen-bond acceptors (Lipinski definition) is 0. The standard InChI is InChI=1S/C12H14.2Li.2H/c1-9(2)11-5-7-12(8-6-11)10(3)4;;;;/h5-8H,1,3H2,2,4H3;;;;/q;2*+1;2*-1. The van der Waals surface area contributed by atoms with Gasteiger partial charge in [0.15, 0.2) is 0 Å². The monoisotopic (exact) mass is 174 g/mol. The van der Waals surface area contributed by atoms with Gasteiger partial charge in [-0.3, -0.25) is 0 Å². The van der Waals surface area contributed by atoms with Crippen LogP contribution in [-0.4, -0.2) is 0 Å². The Bertz CT molecular complexity index is 285. The smallest absolute Gasteiger partial charge is 1.00 e. The molecule has 1 aromatic rings. The van der Waals surface area contributed by atoms with Gasteiger partial charge in [-0.25, -0.2) is 0 Å². The predicted octanol–water partition coefficient (Wildman–Crippen LogP) is -2.01. The van der Waals surface area contributed by atoms with E-state index in [4.69, 9.17) is 0 Å². The molecular weight excluding hydrogens is 158 g/mol. The summed E-state index contributed by atoms with van der Waals surface area (Å²) in [6, 6.07) is 8.30. The van der Waals surface area contributed by atoms with Gasteiger partial charge in [0.1, 0.15) is 0 Å². The molecule has 0 fully saturated rings. The molecule has 0 amide bonds. The predicted molar refractivity (Wildman–Crippen MR) is 58.1 cm³/mol. The van der Waals surface area contributed by atoms with Crippen molar-refractivity contribution in [2.45, 2.75) is 13.8 Å². The van der Waals surface area contributed by atoms with Crippen molar-refractivity contribution < 1.29 is 40.6 Å². The summed E-state index contributed by atoms with van der Waals surface area (Å²) in [5, 5.41) is 0. The third kappa shape index (κ3) is 4.41. The van der Waals surface area contributed by atoms with Crippen molar-refractivity contribution in [3.63, 3.8) is 0 Å². The fraction of sp³-hybridized carbons (Fsp3) is 0.167. The van der Waals surface area contributed by atoms with Crippen molar-refractivity contribution in [3.05, 3.63) is 48.6 Å². The first-order valence-corrected chi connectivity index (χ1v) is 4.03. The van der Waals surface area contributed by atoms with Crippen LogP contribution in [0.2, 0.25) is 0 Å². The summed E-state index contributed by atoms with van der Waals surface area (Å²) in [6.07, 6.45) is 0. The molecule has 0 atom stereocenters. The van der Waals surface area contributed by atoms with Gasteiger partial charge in [-0.2, -0.15) is 0 Å². The Balaban J connectivity index is -0.000000180. The molecule has 66 valence electrons. The zero-order chi connectivity index (χ0) is 9.14. The second kappa shape index (κ2) is 7.22. The van der Waals surface area contributed by atoms with E-state index < -0.39 is 0 Å². The third-order valence-corrected chi connectivity index (χ3v) is 1.87. The molecule has 0 spiro atoms. The maximum atomic E-state index is 3.88. The van der Waals surface area contributed by atoms with E-state index in [9.17, 15) is 0 Å². The minimum Gasteiger partial charge on any atom is -1.00 e. The maximum absolute atomic E-state index is 3.88. The van der Waals surface area contributed by atoms with Gasteiger partial charge in [-0.15, -0.1) is 0 Å². The Hall–Kier alpha value is -0.105. The van der Waals surface area contributed by atoms with Crippen LogP contribution in [0.15, 0.2) is 37.4 Å². The van der Waals surface area contributed by atoms with E-state index in [1.54, 1.807) is 0 Å². The van der Waals surface area contributed by atoms with Crippen molar-refractivity contribution in [1.29, 1.82) is 0 Å². The van der Waals surface area contributed by atoms with Crippen molar-refractivity contribution >= 4 is 11.1 Å². The Morgan fingerprint density at radius 1 is 0.857 bits per heavy atom. The minimum atomic E-state index is 0. The summed E-state index contributed by atoms with van der Waals surface area (Å²) >= 11 is 0. The average Bonchev–Trinajstić information content (AvgIpc) is 2.04. The van der Waals surface area contributed by atoms with Crippen molar-refractivity contribution in [3.8, 4) is 0 Å². The topological polar surface area (TPSA) is 0 Å². The SMILES string of the molecule is C=C(C)c1ccc(C(=C)C)cc1.[H-].[H-].[Li+].[Li+]. The summed E-state index contributed by atoms with van der Waals surface area (Å²) in [6.45, 7) is 11.8. The molecule has 0 unspecified atom stereocenters. The van der Waals surface area contributed by atoms with E-state index in [-0.39, 0.29) is 40.6 Å². The Kier molecular flexibility index (Phi) is 8.42. The fourth-order valence-electron chi connectivity index (χ4n) is 1.04. The van der Waals surface area contributed by atoms with Crippen LogP contribution in [0, 0.1) is 0 Å². The summed E-state index contributed by atoms with van der Waals surface area (Å²) < 4.78 is 0. The summed E-state index contributed by atoms with van der Waals surface area (Å²) in [4.78, 5) is 0. The molecule has 14 heavy (non-hydrogen) atoms. The molecule has 0 nitrogen and oxygen atoms in total. The first kappa shape index (κ1) is 16.3. The third-order valence-electron chi connectivity index (χ3n) is 1.87. The van der Waals surface area contributed by atoms with E-state index >= 15 is 0 Å². The molecule has 0 saturated carbocycles. The molecule has 0 radical (unpaired) electrons. The van der Waals surface area contributed by atoms with E-state index in [1.165, 1.54) is 11.1 Å². The number of benzene rings is 1. The van der Waals surface area contributed by atoms with Crippen LogP contribution in [0.4, 0.5) is 0 Å². The van der Waals surface area contributed by atoms with Gasteiger partial charge in [0.05, 0.1) is 0 Å². The summed E-state index contributed by atoms with van der Waals surface area (Å²) in [5.74, 6) is 0. The van der Waals surface area contributed by atoms with Gasteiger partial charge in [0.2, 0.25) is 0 Å². The number of rotatable bonds is 2. The minimum absolute atomic E-state index is 0. The molecule has 0 bridgehead atoms. The molecule has 0 aliphatic carbocycles. The molecule has 0 aliphatic rings. The van der Waals surface area contributed by atoms with Crippen molar-refractivity contribution in [1.82, 2.24) is 0 Å². The van der Waals surface area contributed by atoms with E-state index in [2.05, 4.69) is 37.4 Å². The fourth-order valence-corrected chi connectivity index (χ4v) is 1.04. The normalized spacial score (nSPS) is 8.14. The molecule has 0 aromatic heterocycles. The molecule has 0 N–H and O–H groups in total. The average molecular weight is 174 g/mol. The first-order chi connectivity index (χ1) is 5.61. The molecule has 1 rings (SSSR count). The first-order valence-electron chi connectivity index (χ1n) is 4.03. The van der Waals surface area contributed by atoms with Crippen molar-refractivity contribution in [2.75, 3.05) is 0 Å². The number of hydrogen-bond donors (Lipinski definition) is 0. The van der Waals surface area contributed by atoms with Gasteiger partial charge in [0, 0.05) is 0 Å². The number of allylic oxidation sites excluding steroid dienone is 2. The Morgan fingerprint density at radius 2 is 1.07 bits per heavy atom. The molecule has 0 heterocycles. The molecular formula is C12H16Li2. The van der Waals surface area contributed by atoms with Gasteiger partial charge in [0.25, 0.3) is 0 Å². The Morgan fingerprint density at radius 3 is 1.21 bits per heavy atom. The maximum Gasteiger partial charge on any atom is 1.00 e. The molecule has 0 aliphatic heterocycles.